The molecule has 1 aliphatic carbocycles. The van der Waals surface area contributed by atoms with Gasteiger partial charge in [-0.3, -0.25) is 4.79 Å². The standard InChI is InChI=1S/C21H24F2N4O4S/c1-21(22,23)20-24-13-16(19(26-20)31-15-7-5-4-6-8-15)18(28)25-17(14-9-10-14)11-12-32(29,30)27(2)3/h4-8,11-14,17H,9-10H2,1-3H3,(H,25,28)/b12-11+/t17-/m1/s1. The Morgan fingerprint density at radius 1 is 1.28 bits per heavy atom. The van der Waals surface area contributed by atoms with E-state index in [-0.39, 0.29) is 17.4 Å². The van der Waals surface area contributed by atoms with Crippen LogP contribution in [0.1, 0.15) is 35.9 Å². The summed E-state index contributed by atoms with van der Waals surface area (Å²) < 4.78 is 58.2. The Hall–Kier alpha value is -2.92. The van der Waals surface area contributed by atoms with Crippen LogP contribution in [-0.2, 0) is 15.9 Å². The number of aromatic nitrogens is 2. The number of para-hydroxylation sites is 1. The van der Waals surface area contributed by atoms with E-state index in [1.54, 1.807) is 30.3 Å². The van der Waals surface area contributed by atoms with Crippen LogP contribution in [0.25, 0.3) is 0 Å². The lowest BCUT2D eigenvalue weighted by molar-refractivity contribution is 0.00707. The van der Waals surface area contributed by atoms with Crippen molar-refractivity contribution in [1.82, 2.24) is 19.6 Å². The van der Waals surface area contributed by atoms with Crippen molar-refractivity contribution in [3.05, 3.63) is 59.4 Å². The molecule has 0 radical (unpaired) electrons. The predicted octanol–water partition coefficient (Wildman–Crippen LogP) is 3.29. The number of benzene rings is 1. The van der Waals surface area contributed by atoms with Gasteiger partial charge < -0.3 is 10.1 Å². The molecule has 1 amide bonds. The molecular weight excluding hydrogens is 442 g/mol. The number of amides is 1. The van der Waals surface area contributed by atoms with Crippen LogP contribution >= 0.6 is 0 Å². The lowest BCUT2D eigenvalue weighted by atomic mass is 10.1. The van der Waals surface area contributed by atoms with E-state index in [1.165, 1.54) is 20.2 Å². The van der Waals surface area contributed by atoms with Crippen LogP contribution in [0.2, 0.25) is 0 Å². The number of halogens is 2. The summed E-state index contributed by atoms with van der Waals surface area (Å²) in [5.41, 5.74) is -0.142. The van der Waals surface area contributed by atoms with Gasteiger partial charge in [0.2, 0.25) is 21.7 Å². The summed E-state index contributed by atoms with van der Waals surface area (Å²) in [6, 6.07) is 7.75. The molecule has 1 saturated carbocycles. The number of alkyl halides is 2. The van der Waals surface area contributed by atoms with Crippen molar-refractivity contribution < 1.29 is 26.7 Å². The molecule has 1 fully saturated rings. The molecule has 2 aromatic rings. The summed E-state index contributed by atoms with van der Waals surface area (Å²) in [7, 11) is -0.796. The molecular formula is C21H24F2N4O4S. The number of nitrogens with zero attached hydrogens (tertiary/aromatic N) is 3. The summed E-state index contributed by atoms with van der Waals surface area (Å²) in [5.74, 6) is -4.71. The van der Waals surface area contributed by atoms with E-state index in [4.69, 9.17) is 4.74 Å². The average molecular weight is 467 g/mol. The Kier molecular flexibility index (Phi) is 6.89. The van der Waals surface area contributed by atoms with Crippen LogP contribution < -0.4 is 10.1 Å². The van der Waals surface area contributed by atoms with Crippen molar-refractivity contribution in [2.24, 2.45) is 5.92 Å². The summed E-state index contributed by atoms with van der Waals surface area (Å²) in [6.45, 7) is 0.646. The van der Waals surface area contributed by atoms with E-state index >= 15 is 0 Å². The van der Waals surface area contributed by atoms with Crippen molar-refractivity contribution in [2.45, 2.75) is 31.7 Å². The van der Waals surface area contributed by atoms with Crippen LogP contribution in [0.3, 0.4) is 0 Å². The van der Waals surface area contributed by atoms with E-state index < -0.39 is 33.7 Å². The van der Waals surface area contributed by atoms with Crippen molar-refractivity contribution in [1.29, 1.82) is 0 Å². The van der Waals surface area contributed by atoms with Gasteiger partial charge in [0.1, 0.15) is 11.3 Å². The second-order valence-corrected chi connectivity index (χ2v) is 9.74. The Balaban J connectivity index is 1.89. The third kappa shape index (κ3) is 6.07. The third-order valence-electron chi connectivity index (χ3n) is 4.74. The molecule has 8 nitrogen and oxygen atoms in total. The Bertz CT molecular complexity index is 1100. The Morgan fingerprint density at radius 3 is 2.50 bits per heavy atom. The van der Waals surface area contributed by atoms with E-state index in [1.807, 2.05) is 0 Å². The van der Waals surface area contributed by atoms with Crippen molar-refractivity contribution in [3.63, 3.8) is 0 Å². The smallest absolute Gasteiger partial charge is 0.303 e. The van der Waals surface area contributed by atoms with E-state index in [2.05, 4.69) is 15.3 Å². The van der Waals surface area contributed by atoms with Crippen LogP contribution in [0.4, 0.5) is 8.78 Å². The van der Waals surface area contributed by atoms with Crippen molar-refractivity contribution >= 4 is 15.9 Å². The number of ether oxygens (including phenoxy) is 1. The Labute approximate surface area is 185 Å². The summed E-state index contributed by atoms with van der Waals surface area (Å²) >= 11 is 0. The van der Waals surface area contributed by atoms with Crippen LogP contribution in [0.5, 0.6) is 11.6 Å². The molecule has 1 heterocycles. The molecule has 172 valence electrons. The number of carbonyl (C=O) groups excluding carboxylic acids is 1. The van der Waals surface area contributed by atoms with Crippen LogP contribution in [-0.4, -0.2) is 48.7 Å². The zero-order chi connectivity index (χ0) is 23.5. The van der Waals surface area contributed by atoms with Gasteiger partial charge in [-0.1, -0.05) is 18.2 Å². The SMILES string of the molecule is CN(C)S(=O)(=O)/C=C/[C@@H](NC(=O)c1cnc(C(C)(F)F)nc1Oc1ccccc1)C1CC1. The number of hydrogen-bond donors (Lipinski definition) is 1. The zero-order valence-corrected chi connectivity index (χ0v) is 18.6. The first-order valence-electron chi connectivity index (χ1n) is 9.87. The van der Waals surface area contributed by atoms with Gasteiger partial charge in [-0.2, -0.15) is 13.8 Å². The van der Waals surface area contributed by atoms with Gasteiger partial charge in [-0.25, -0.2) is 17.7 Å². The molecule has 1 aliphatic rings. The zero-order valence-electron chi connectivity index (χ0n) is 17.8. The monoisotopic (exact) mass is 466 g/mol. The lowest BCUT2D eigenvalue weighted by Gasteiger charge is -2.17. The van der Waals surface area contributed by atoms with E-state index in [0.29, 0.717) is 12.7 Å². The molecule has 32 heavy (non-hydrogen) atoms. The second-order valence-electron chi connectivity index (χ2n) is 7.71. The van der Waals surface area contributed by atoms with Gasteiger partial charge >= 0.3 is 5.92 Å². The largest absolute Gasteiger partial charge is 0.438 e. The summed E-state index contributed by atoms with van der Waals surface area (Å²) in [4.78, 5) is 20.4. The second kappa shape index (κ2) is 9.29. The molecule has 0 saturated heterocycles. The van der Waals surface area contributed by atoms with Gasteiger partial charge in [0.05, 0.1) is 6.04 Å². The highest BCUT2D eigenvalue weighted by molar-refractivity contribution is 7.92. The van der Waals surface area contributed by atoms with Gasteiger partial charge in [0, 0.05) is 32.6 Å². The number of rotatable bonds is 9. The van der Waals surface area contributed by atoms with Crippen molar-refractivity contribution in [2.75, 3.05) is 14.1 Å². The summed E-state index contributed by atoms with van der Waals surface area (Å²) in [5, 5.41) is 3.77. The molecule has 0 bridgehead atoms. The number of sulfonamides is 1. The van der Waals surface area contributed by atoms with Crippen LogP contribution in [0, 0.1) is 5.92 Å². The molecule has 3 rings (SSSR count). The predicted molar refractivity (Wildman–Crippen MR) is 114 cm³/mol. The first-order valence-corrected chi connectivity index (χ1v) is 11.4. The average Bonchev–Trinajstić information content (AvgIpc) is 3.56. The minimum Gasteiger partial charge on any atom is -0.438 e. The molecule has 1 N–H and O–H groups in total. The van der Waals surface area contributed by atoms with Gasteiger partial charge in [-0.05, 0) is 37.0 Å². The van der Waals surface area contributed by atoms with E-state index in [0.717, 1.165) is 28.8 Å². The van der Waals surface area contributed by atoms with Gasteiger partial charge in [0.25, 0.3) is 5.91 Å². The summed E-state index contributed by atoms with van der Waals surface area (Å²) in [6.07, 6.45) is 4.04. The minimum atomic E-state index is -3.60. The number of carbonyl (C=O) groups is 1. The van der Waals surface area contributed by atoms with Gasteiger partial charge in [0.15, 0.2) is 0 Å². The lowest BCUT2D eigenvalue weighted by Crippen LogP contribution is -2.36. The Morgan fingerprint density at radius 2 is 1.94 bits per heavy atom. The highest BCUT2D eigenvalue weighted by atomic mass is 32.2. The third-order valence-corrected chi connectivity index (χ3v) is 6.26. The fraction of sp³-hybridized carbons (Fsp3) is 0.381. The van der Waals surface area contributed by atoms with Crippen LogP contribution in [0.15, 0.2) is 48.0 Å². The topological polar surface area (TPSA) is 101 Å². The molecule has 0 spiro atoms. The highest BCUT2D eigenvalue weighted by Crippen LogP contribution is 2.34. The first-order chi connectivity index (χ1) is 15.0. The molecule has 1 atom stereocenters. The quantitative estimate of drug-likeness (QED) is 0.609. The number of nitrogens with one attached hydrogen (secondary N) is 1. The molecule has 11 heteroatoms. The molecule has 1 aromatic carbocycles. The fourth-order valence-corrected chi connectivity index (χ4v) is 3.34. The van der Waals surface area contributed by atoms with Crippen molar-refractivity contribution in [3.8, 4) is 11.6 Å². The molecule has 0 unspecified atom stereocenters. The fourth-order valence-electron chi connectivity index (χ4n) is 2.72. The maximum atomic E-state index is 13.8. The highest BCUT2D eigenvalue weighted by Gasteiger charge is 2.34. The molecule has 1 aromatic heterocycles. The maximum absolute atomic E-state index is 13.8. The first kappa shape index (κ1) is 23.7. The normalized spacial score (nSPS) is 15.7. The van der Waals surface area contributed by atoms with Gasteiger partial charge in [-0.15, -0.1) is 0 Å². The van der Waals surface area contributed by atoms with E-state index in [9.17, 15) is 22.0 Å². The molecule has 0 aliphatic heterocycles. The maximum Gasteiger partial charge on any atom is 0.303 e. The number of hydrogen-bond acceptors (Lipinski definition) is 6. The minimum absolute atomic E-state index is 0.0752.